The van der Waals surface area contributed by atoms with E-state index >= 15 is 0 Å². The number of carboxylic acid groups (broad SMARTS) is 5. The van der Waals surface area contributed by atoms with Gasteiger partial charge in [0.15, 0.2) is 45.7 Å². The summed E-state index contributed by atoms with van der Waals surface area (Å²) in [7, 11) is -6.00. The van der Waals surface area contributed by atoms with Gasteiger partial charge in [0.2, 0.25) is 22.8 Å². The molecule has 0 bridgehead atoms. The zero-order valence-corrected chi connectivity index (χ0v) is 58.7. The highest BCUT2D eigenvalue weighted by Gasteiger charge is 2.53. The molecule has 4 amide bonds. The summed E-state index contributed by atoms with van der Waals surface area (Å²) in [5.74, 6) is -13.7. The first-order valence-electron chi connectivity index (χ1n) is 30.1. The molecular formula is C62H50BF7N12O20S6. The standard InChI is InChI=1S/2C30H24N6O9S3.C2HF3O2.BF4/c2*31-29-34-21(13-46-29)30(28(43)44,14-6-7-18(37)19(38)9-14)45-33-12-22(39)35-26-16(25(27(41)42)36-23(40)11-24(36)48-26)4-1-3-15-10-17-20(47-15)5-2-8-32-17;3-2(4,5)1(6)7;2-1(3,4)5/h2*1-2,4-10,12-13,24,26,37-38H,3,11H2,(H2,31,34)(H,35,39)(H,41,42)(H,43,44);(H,6,7);/q;;;-1/p+1/b2*4-1+,33-12?;;. The lowest BCUT2D eigenvalue weighted by atomic mass is 9.90. The number of nitrogens with one attached hydrogen (secondary N) is 4. The predicted molar refractivity (Wildman–Crippen MR) is 371 cm³/mol. The zero-order chi connectivity index (χ0) is 78.9. The van der Waals surface area contributed by atoms with Crippen LogP contribution in [0.1, 0.15) is 45.1 Å². The Kier molecular flexibility index (Phi) is 24.7. The lowest BCUT2D eigenvalue weighted by Crippen LogP contribution is -2.57. The number of aromatic nitrogens is 4. The molecule has 6 atom stereocenters. The van der Waals surface area contributed by atoms with Crippen LogP contribution in [0.3, 0.4) is 0 Å². The van der Waals surface area contributed by atoms with E-state index in [1.165, 1.54) is 32.7 Å². The van der Waals surface area contributed by atoms with Crippen molar-refractivity contribution in [3.8, 4) is 23.0 Å². The van der Waals surface area contributed by atoms with E-state index in [0.717, 1.165) is 101 Å². The average molecular weight is 1620 g/mol. The van der Waals surface area contributed by atoms with Crippen molar-refractivity contribution >= 4 is 173 Å². The number of carbonyl (C=O) groups excluding carboxylic acids is 5. The highest BCUT2D eigenvalue weighted by Crippen LogP contribution is 2.47. The number of alkyl halides is 3. The largest absolute Gasteiger partial charge is 0.673 e. The number of rotatable bonds is 22. The fourth-order valence-electron chi connectivity index (χ4n) is 10.3. The molecule has 6 unspecified atom stereocenters. The number of fused-ring (bicyclic) bond motifs is 4. The summed E-state index contributed by atoms with van der Waals surface area (Å²) in [6.07, 6.45) is 7.45. The van der Waals surface area contributed by atoms with Crippen molar-refractivity contribution in [3.63, 3.8) is 0 Å². The summed E-state index contributed by atoms with van der Waals surface area (Å²) in [5, 5.41) is 102. The Hall–Kier alpha value is -11.9. The molecule has 46 heteroatoms. The van der Waals surface area contributed by atoms with E-state index in [0.29, 0.717) is 25.3 Å². The summed E-state index contributed by atoms with van der Waals surface area (Å²) in [4.78, 5) is 140. The van der Waals surface area contributed by atoms with Gasteiger partial charge in [0.1, 0.15) is 51.9 Å². The van der Waals surface area contributed by atoms with E-state index in [4.69, 9.17) is 31.0 Å². The van der Waals surface area contributed by atoms with E-state index in [2.05, 4.69) is 40.9 Å². The first-order valence-corrected chi connectivity index (χ1v) is 35.3. The van der Waals surface area contributed by atoms with Crippen molar-refractivity contribution in [2.75, 3.05) is 11.5 Å². The van der Waals surface area contributed by atoms with Gasteiger partial charge in [-0.15, -0.1) is 68.9 Å². The number of thioether (sulfide) groups is 2. The molecule has 4 aliphatic heterocycles. The number of nitrogens with two attached hydrogens (primary N) is 2. The third-order valence-electron chi connectivity index (χ3n) is 15.0. The van der Waals surface area contributed by atoms with Crippen LogP contribution >= 0.6 is 68.9 Å². The molecule has 8 aromatic rings. The van der Waals surface area contributed by atoms with Gasteiger partial charge in [0.05, 0.1) is 33.0 Å². The number of aromatic hydroxyl groups is 4. The number of H-pyrrole nitrogens is 2. The number of aliphatic carboxylic acids is 5. The third kappa shape index (κ3) is 18.5. The first kappa shape index (κ1) is 80.2. The quantitative estimate of drug-likeness (QED) is 0.0101. The fraction of sp³-hybridized carbons (Fsp3) is 0.177. The number of nitrogen functional groups attached to an aromatic ring is 2. The van der Waals surface area contributed by atoms with Crippen molar-refractivity contribution in [3.05, 3.63) is 175 Å². The Morgan fingerprint density at radius 3 is 1.29 bits per heavy atom. The number of phenols is 4. The number of hydrogen-bond donors (Lipinski definition) is 12. The van der Waals surface area contributed by atoms with Gasteiger partial charge in [-0.05, 0) is 48.5 Å². The molecule has 12 rings (SSSR count). The number of carbonyl (C=O) groups is 9. The number of halogens is 7. The van der Waals surface area contributed by atoms with Crippen molar-refractivity contribution in [1.82, 2.24) is 30.4 Å². The number of β-lactam (4-membered cyclic amide) rings is 2. The predicted octanol–water partition coefficient (Wildman–Crippen LogP) is 5.36. The fourth-order valence-corrected chi connectivity index (χ4v) is 16.4. The molecule has 6 aromatic heterocycles. The number of aromatic amines is 2. The zero-order valence-electron chi connectivity index (χ0n) is 53.8. The number of benzene rings is 2. The van der Waals surface area contributed by atoms with Crippen molar-refractivity contribution in [2.45, 2.75) is 64.6 Å². The molecule has 566 valence electrons. The van der Waals surface area contributed by atoms with Crippen LogP contribution in [0.15, 0.2) is 153 Å². The molecule has 2 aromatic carbocycles. The van der Waals surface area contributed by atoms with Crippen LogP contribution < -0.4 is 37.2 Å². The van der Waals surface area contributed by atoms with Crippen LogP contribution in [0.5, 0.6) is 23.0 Å². The number of allylic oxidation sites excluding steroid dienone is 2. The molecular weight excluding hydrogens is 1570 g/mol. The molecule has 2 saturated heterocycles. The maximum absolute atomic E-state index is 13.1. The summed E-state index contributed by atoms with van der Waals surface area (Å²) in [6, 6.07) is 18.0. The van der Waals surface area contributed by atoms with Gasteiger partial charge in [-0.1, -0.05) is 34.6 Å². The Balaban J connectivity index is 0.000000216. The normalized spacial score (nSPS) is 18.1. The number of anilines is 2. The van der Waals surface area contributed by atoms with E-state index in [1.807, 2.05) is 48.8 Å². The lowest BCUT2D eigenvalue weighted by molar-refractivity contribution is -0.344. The van der Waals surface area contributed by atoms with Crippen LogP contribution in [0, 0.1) is 0 Å². The van der Waals surface area contributed by atoms with Crippen LogP contribution in [0.25, 0.3) is 20.4 Å². The maximum Gasteiger partial charge on any atom is 0.673 e. The number of thiophene rings is 2. The van der Waals surface area contributed by atoms with Gasteiger partial charge in [0.25, 0.3) is 11.8 Å². The van der Waals surface area contributed by atoms with Crippen molar-refractivity contribution in [1.29, 1.82) is 0 Å². The van der Waals surface area contributed by atoms with Gasteiger partial charge in [-0.3, -0.25) is 29.0 Å². The number of phenolic OH excluding ortho intramolecular Hbond substituents is 4. The molecule has 32 nitrogen and oxygen atoms in total. The second-order valence-electron chi connectivity index (χ2n) is 22.1. The minimum atomic E-state index is -6.00. The van der Waals surface area contributed by atoms with Gasteiger partial charge < -0.3 is 99.8 Å². The average Bonchev–Trinajstić information content (AvgIpc) is 1.02. The highest BCUT2D eigenvalue weighted by atomic mass is 32.2. The molecule has 4 aliphatic rings. The minimum Gasteiger partial charge on any atom is -0.542 e. The number of hydrogen-bond acceptors (Lipinski definition) is 28. The van der Waals surface area contributed by atoms with Crippen LogP contribution in [0.4, 0.5) is 40.7 Å². The first-order chi connectivity index (χ1) is 50.9. The molecule has 10 heterocycles. The summed E-state index contributed by atoms with van der Waals surface area (Å²) in [5.41, 5.74) is 7.44. The summed E-state index contributed by atoms with van der Waals surface area (Å²) < 4.78 is 72.6. The summed E-state index contributed by atoms with van der Waals surface area (Å²) in [6.45, 7) is 0. The van der Waals surface area contributed by atoms with E-state index in [-0.39, 0.29) is 80.0 Å². The molecule has 0 saturated carbocycles. The SMILES string of the molecule is F[B-](F)(F)F.Nc1nc(C(ON=CC(=O)NC2SC3CC(=O)N3C(C(=O)O)=C2/C=C/Cc2cc3[nH+]cccc3s2)(C(=O)O)c2ccc(O)c(O)c2)cs1.Nc1nc(C(ON=CC(=O)NC2SC3CC(=O)N3C(C(=O)O)=C2/C=C/Cc2cc3[nH+]cccc3s2)(C(=O)O)c2ccc(O)c(O)c2)cs1.O=C([O-])C(F)(F)F. The Bertz CT molecular complexity index is 4710. The Labute approximate surface area is 623 Å². The molecule has 16 N–H and O–H groups in total. The monoisotopic (exact) mass is 1620 g/mol. The van der Waals surface area contributed by atoms with Gasteiger partial charge in [-0.25, -0.2) is 39.1 Å². The molecule has 2 fully saturated rings. The van der Waals surface area contributed by atoms with E-state index in [1.54, 1.807) is 47.0 Å². The van der Waals surface area contributed by atoms with Gasteiger partial charge in [-0.2, -0.15) is 13.2 Å². The van der Waals surface area contributed by atoms with E-state index in [9.17, 15) is 110 Å². The second-order valence-corrected chi connectivity index (χ2v) is 28.8. The van der Waals surface area contributed by atoms with Crippen LogP contribution in [0.2, 0.25) is 0 Å². The number of carboxylic acids is 5. The smallest absolute Gasteiger partial charge is 0.542 e. The lowest BCUT2D eigenvalue weighted by Gasteiger charge is -2.46. The maximum atomic E-state index is 13.1. The second kappa shape index (κ2) is 33.3. The molecule has 108 heavy (non-hydrogen) atoms. The molecule has 0 aliphatic carbocycles. The minimum absolute atomic E-state index is 0.00841. The van der Waals surface area contributed by atoms with Gasteiger partial charge >= 0.3 is 48.5 Å². The van der Waals surface area contributed by atoms with Crippen LogP contribution in [-0.4, -0.2) is 161 Å². The Morgan fingerprint density at radius 2 is 0.991 bits per heavy atom. The number of oxime groups is 2. The van der Waals surface area contributed by atoms with E-state index < -0.39 is 111 Å². The third-order valence-corrected chi connectivity index (χ3v) is 21.3. The van der Waals surface area contributed by atoms with Crippen LogP contribution in [-0.2, 0) is 76.9 Å². The number of pyridine rings is 2. The highest BCUT2D eigenvalue weighted by molar-refractivity contribution is 8.01. The van der Waals surface area contributed by atoms with Crippen molar-refractivity contribution in [2.24, 2.45) is 10.3 Å². The Morgan fingerprint density at radius 1 is 0.620 bits per heavy atom. The molecule has 0 radical (unpaired) electrons. The number of amides is 4. The molecule has 0 spiro atoms. The number of nitrogens with zero attached hydrogens (tertiary/aromatic N) is 6. The summed E-state index contributed by atoms with van der Waals surface area (Å²) >= 11 is 7.29. The topological polar surface area (TPSA) is 518 Å². The van der Waals surface area contributed by atoms with Gasteiger partial charge in [0, 0.05) is 79.9 Å². The number of thiazole rings is 2. The van der Waals surface area contributed by atoms with Crippen molar-refractivity contribution < 1.29 is 139 Å².